The Labute approximate surface area is 85.5 Å². The second kappa shape index (κ2) is 10.3. The quantitative estimate of drug-likeness (QED) is 0.346. The molecule has 0 atom stereocenters. The predicted octanol–water partition coefficient (Wildman–Crippen LogP) is 2.71. The molecule has 0 aliphatic carbocycles. The molecular weight excluding hydrogens is 184 g/mol. The average molecular weight is 204 g/mol. The van der Waals surface area contributed by atoms with E-state index in [1.54, 1.807) is 0 Å². The van der Waals surface area contributed by atoms with Crippen molar-refractivity contribution < 1.29 is 19.0 Å². The molecule has 4 nitrogen and oxygen atoms in total. The minimum absolute atomic E-state index is 0.0235. The lowest BCUT2D eigenvalue weighted by atomic mass is 10.2. The minimum atomic E-state index is -0.644. The van der Waals surface area contributed by atoms with Gasteiger partial charge in [-0.15, -0.1) is 0 Å². The molecule has 0 fully saturated rings. The Balaban J connectivity index is 3.10. The van der Waals surface area contributed by atoms with E-state index in [0.29, 0.717) is 13.2 Å². The van der Waals surface area contributed by atoms with E-state index < -0.39 is 6.16 Å². The van der Waals surface area contributed by atoms with E-state index in [0.717, 1.165) is 12.8 Å². The predicted molar refractivity (Wildman–Crippen MR) is 53.1 cm³/mol. The molecule has 84 valence electrons. The topological polar surface area (TPSA) is 44.8 Å². The molecule has 0 bridgehead atoms. The Hall–Kier alpha value is -0.770. The van der Waals surface area contributed by atoms with E-state index in [-0.39, 0.29) is 6.79 Å². The van der Waals surface area contributed by atoms with Gasteiger partial charge in [-0.25, -0.2) is 4.79 Å². The van der Waals surface area contributed by atoms with Gasteiger partial charge in [0.05, 0.1) is 6.61 Å². The zero-order chi connectivity index (χ0) is 10.6. The number of hydrogen-bond donors (Lipinski definition) is 0. The standard InChI is InChI=1S/C10H20O4/c1-3-5-6-7-8-13-10(11)14-9-12-4-2/h3-9H2,1-2H3. The first-order valence-electron chi connectivity index (χ1n) is 5.18. The first kappa shape index (κ1) is 13.2. The van der Waals surface area contributed by atoms with Crippen LogP contribution in [0.1, 0.15) is 39.5 Å². The highest BCUT2D eigenvalue weighted by Crippen LogP contribution is 1.99. The third kappa shape index (κ3) is 9.32. The van der Waals surface area contributed by atoms with Crippen LogP contribution in [0.4, 0.5) is 4.79 Å². The molecule has 0 radical (unpaired) electrons. The van der Waals surface area contributed by atoms with Crippen molar-refractivity contribution in [3.8, 4) is 0 Å². The van der Waals surface area contributed by atoms with Gasteiger partial charge in [0.25, 0.3) is 0 Å². The van der Waals surface area contributed by atoms with Crippen LogP contribution in [-0.2, 0) is 14.2 Å². The zero-order valence-corrected chi connectivity index (χ0v) is 9.08. The molecule has 0 spiro atoms. The summed E-state index contributed by atoms with van der Waals surface area (Å²) in [5.74, 6) is 0. The summed E-state index contributed by atoms with van der Waals surface area (Å²) >= 11 is 0. The molecule has 0 saturated carbocycles. The third-order valence-electron chi connectivity index (χ3n) is 1.68. The molecule has 0 aromatic heterocycles. The lowest BCUT2D eigenvalue weighted by Gasteiger charge is -2.05. The smallest absolute Gasteiger partial charge is 0.434 e. The van der Waals surface area contributed by atoms with Gasteiger partial charge in [0.1, 0.15) is 0 Å². The van der Waals surface area contributed by atoms with Crippen molar-refractivity contribution in [1.82, 2.24) is 0 Å². The van der Waals surface area contributed by atoms with Crippen LogP contribution in [0, 0.1) is 0 Å². The van der Waals surface area contributed by atoms with E-state index in [2.05, 4.69) is 11.7 Å². The summed E-state index contributed by atoms with van der Waals surface area (Å²) < 4.78 is 14.2. The summed E-state index contributed by atoms with van der Waals surface area (Å²) in [4.78, 5) is 10.8. The SMILES string of the molecule is CCCCCCOC(=O)OCOCC. The monoisotopic (exact) mass is 204 g/mol. The molecule has 0 aromatic carbocycles. The molecule has 0 heterocycles. The summed E-state index contributed by atoms with van der Waals surface area (Å²) in [5.41, 5.74) is 0. The zero-order valence-electron chi connectivity index (χ0n) is 9.08. The Kier molecular flexibility index (Phi) is 9.74. The maximum Gasteiger partial charge on any atom is 0.510 e. The van der Waals surface area contributed by atoms with Crippen LogP contribution in [0.25, 0.3) is 0 Å². The number of unbranched alkanes of at least 4 members (excludes halogenated alkanes) is 3. The van der Waals surface area contributed by atoms with Crippen LogP contribution in [0.2, 0.25) is 0 Å². The van der Waals surface area contributed by atoms with Crippen molar-refractivity contribution in [2.45, 2.75) is 39.5 Å². The van der Waals surface area contributed by atoms with Gasteiger partial charge in [0, 0.05) is 6.61 Å². The highest BCUT2D eigenvalue weighted by atomic mass is 16.8. The lowest BCUT2D eigenvalue weighted by molar-refractivity contribution is -0.0411. The number of carbonyl (C=O) groups is 1. The Morgan fingerprint density at radius 3 is 2.50 bits per heavy atom. The summed E-state index contributed by atoms with van der Waals surface area (Å²) in [6.45, 7) is 4.91. The van der Waals surface area contributed by atoms with Crippen molar-refractivity contribution in [1.29, 1.82) is 0 Å². The largest absolute Gasteiger partial charge is 0.510 e. The van der Waals surface area contributed by atoms with E-state index in [4.69, 9.17) is 9.47 Å². The number of hydrogen-bond acceptors (Lipinski definition) is 4. The minimum Gasteiger partial charge on any atom is -0.434 e. The van der Waals surface area contributed by atoms with Gasteiger partial charge in [-0.3, -0.25) is 0 Å². The average Bonchev–Trinajstić information content (AvgIpc) is 2.18. The molecule has 0 saturated heterocycles. The Morgan fingerprint density at radius 2 is 1.86 bits per heavy atom. The summed E-state index contributed by atoms with van der Waals surface area (Å²) in [6.07, 6.45) is 3.70. The second-order valence-corrected chi connectivity index (χ2v) is 2.91. The maximum atomic E-state index is 10.8. The summed E-state index contributed by atoms with van der Waals surface area (Å²) in [5, 5.41) is 0. The second-order valence-electron chi connectivity index (χ2n) is 2.91. The third-order valence-corrected chi connectivity index (χ3v) is 1.68. The van der Waals surface area contributed by atoms with E-state index >= 15 is 0 Å². The number of rotatable bonds is 8. The van der Waals surface area contributed by atoms with Gasteiger partial charge < -0.3 is 14.2 Å². The van der Waals surface area contributed by atoms with Gasteiger partial charge in [0.2, 0.25) is 0 Å². The van der Waals surface area contributed by atoms with Crippen molar-refractivity contribution in [3.05, 3.63) is 0 Å². The van der Waals surface area contributed by atoms with Gasteiger partial charge in [0.15, 0.2) is 6.79 Å². The molecule has 0 rings (SSSR count). The summed E-state index contributed by atoms with van der Waals surface area (Å²) in [6, 6.07) is 0. The molecule has 0 aliphatic heterocycles. The fraction of sp³-hybridized carbons (Fsp3) is 0.900. The summed E-state index contributed by atoms with van der Waals surface area (Å²) in [7, 11) is 0. The van der Waals surface area contributed by atoms with Crippen LogP contribution >= 0.6 is 0 Å². The Morgan fingerprint density at radius 1 is 1.07 bits per heavy atom. The van der Waals surface area contributed by atoms with E-state index in [9.17, 15) is 4.79 Å². The van der Waals surface area contributed by atoms with Crippen LogP contribution in [0.5, 0.6) is 0 Å². The molecule has 0 amide bonds. The molecule has 0 aromatic rings. The molecule has 0 unspecified atom stereocenters. The number of ether oxygens (including phenoxy) is 3. The first-order chi connectivity index (χ1) is 6.81. The maximum absolute atomic E-state index is 10.8. The van der Waals surface area contributed by atoms with Crippen molar-refractivity contribution >= 4 is 6.16 Å². The first-order valence-corrected chi connectivity index (χ1v) is 5.18. The number of carbonyl (C=O) groups excluding carboxylic acids is 1. The van der Waals surface area contributed by atoms with Gasteiger partial charge >= 0.3 is 6.16 Å². The highest BCUT2D eigenvalue weighted by molar-refractivity contribution is 5.59. The van der Waals surface area contributed by atoms with Crippen LogP contribution in [0.3, 0.4) is 0 Å². The van der Waals surface area contributed by atoms with Gasteiger partial charge in [-0.05, 0) is 13.3 Å². The molecular formula is C10H20O4. The molecule has 0 N–H and O–H groups in total. The fourth-order valence-corrected chi connectivity index (χ4v) is 0.899. The van der Waals surface area contributed by atoms with E-state index in [1.165, 1.54) is 12.8 Å². The van der Waals surface area contributed by atoms with Crippen LogP contribution in [0.15, 0.2) is 0 Å². The van der Waals surface area contributed by atoms with E-state index in [1.807, 2.05) is 6.92 Å². The normalized spacial score (nSPS) is 9.86. The van der Waals surface area contributed by atoms with Gasteiger partial charge in [-0.1, -0.05) is 26.2 Å². The molecule has 0 aliphatic rings. The molecule has 14 heavy (non-hydrogen) atoms. The van der Waals surface area contributed by atoms with Crippen molar-refractivity contribution in [3.63, 3.8) is 0 Å². The molecule has 4 heteroatoms. The fourth-order valence-electron chi connectivity index (χ4n) is 0.899. The van der Waals surface area contributed by atoms with Crippen LogP contribution in [-0.4, -0.2) is 26.2 Å². The highest BCUT2D eigenvalue weighted by Gasteiger charge is 2.01. The van der Waals surface area contributed by atoms with Crippen molar-refractivity contribution in [2.75, 3.05) is 20.0 Å². The lowest BCUT2D eigenvalue weighted by Crippen LogP contribution is -2.11. The van der Waals surface area contributed by atoms with Crippen molar-refractivity contribution in [2.24, 2.45) is 0 Å². The Bertz CT molecular complexity index is 136. The van der Waals surface area contributed by atoms with Crippen LogP contribution < -0.4 is 0 Å². The van der Waals surface area contributed by atoms with Gasteiger partial charge in [-0.2, -0.15) is 0 Å².